The Hall–Kier alpha value is -2.31. The highest BCUT2D eigenvalue weighted by molar-refractivity contribution is 5.94. The second kappa shape index (κ2) is 7.84. The normalized spacial score (nSPS) is 20.7. The van der Waals surface area contributed by atoms with Crippen molar-refractivity contribution in [2.24, 2.45) is 11.3 Å². The van der Waals surface area contributed by atoms with Gasteiger partial charge in [-0.25, -0.2) is 0 Å². The molecular weight excluding hydrogens is 379 g/mol. The van der Waals surface area contributed by atoms with Gasteiger partial charge in [0, 0.05) is 42.8 Å². The minimum Gasteiger partial charge on any atom is -0.369 e. The van der Waals surface area contributed by atoms with Crippen LogP contribution in [0, 0.1) is 11.3 Å². The molecule has 0 spiro atoms. The second-order valence-electron chi connectivity index (χ2n) is 9.28. The Morgan fingerprint density at radius 1 is 1.21 bits per heavy atom. The number of alkyl halides is 3. The number of benzene rings is 1. The fourth-order valence-corrected chi connectivity index (χ4v) is 4.08. The van der Waals surface area contributed by atoms with E-state index in [1.54, 1.807) is 12.1 Å². The smallest absolute Gasteiger partial charge is 0.369 e. The minimum atomic E-state index is -4.45. The Bertz CT molecular complexity index is 889. The summed E-state index contributed by atoms with van der Waals surface area (Å²) < 4.78 is 40.2. The minimum absolute atomic E-state index is 0.00972. The van der Waals surface area contributed by atoms with Crippen LogP contribution >= 0.6 is 0 Å². The summed E-state index contributed by atoms with van der Waals surface area (Å²) in [5, 5.41) is 3.60. The van der Waals surface area contributed by atoms with Gasteiger partial charge >= 0.3 is 6.18 Å². The lowest BCUT2D eigenvalue weighted by molar-refractivity contribution is -0.136. The molecule has 3 rings (SSSR count). The summed E-state index contributed by atoms with van der Waals surface area (Å²) in [6, 6.07) is 5.93. The van der Waals surface area contributed by atoms with E-state index in [9.17, 15) is 18.0 Å². The van der Waals surface area contributed by atoms with Gasteiger partial charge in [0.1, 0.15) is 0 Å². The molecule has 0 saturated carbocycles. The summed E-state index contributed by atoms with van der Waals surface area (Å²) in [5.74, 6) is 0.313. The Kier molecular flexibility index (Phi) is 5.79. The van der Waals surface area contributed by atoms with E-state index < -0.39 is 11.7 Å². The fourth-order valence-electron chi connectivity index (χ4n) is 4.08. The van der Waals surface area contributed by atoms with Crippen LogP contribution < -0.4 is 10.2 Å². The maximum atomic E-state index is 13.4. The number of aromatic nitrogens is 1. The summed E-state index contributed by atoms with van der Waals surface area (Å²) in [5.41, 5.74) is -0.136. The number of halogens is 3. The molecule has 158 valence electrons. The molecule has 0 aliphatic carbocycles. The number of amides is 1. The number of piperidine rings is 1. The van der Waals surface area contributed by atoms with Gasteiger partial charge in [0.25, 0.3) is 0 Å². The van der Waals surface area contributed by atoms with Crippen LogP contribution in [0.4, 0.5) is 18.9 Å². The average molecular weight is 407 g/mol. The molecule has 2 unspecified atom stereocenters. The standard InChI is InChI=1S/C22H28F3N3O/c1-14-10-15(27-19(29)11-21(2,3)4)13-28(12-14)18-8-7-17(22(23,24)25)20-16(18)6-5-9-26-20/h5-9,14-15H,10-13H2,1-4H3,(H,27,29). The lowest BCUT2D eigenvalue weighted by Gasteiger charge is -2.39. The lowest BCUT2D eigenvalue weighted by Crippen LogP contribution is -2.51. The quantitative estimate of drug-likeness (QED) is 0.777. The molecule has 1 aromatic heterocycles. The summed E-state index contributed by atoms with van der Waals surface area (Å²) in [6.45, 7) is 9.44. The number of rotatable bonds is 3. The lowest BCUT2D eigenvalue weighted by atomic mass is 9.90. The highest BCUT2D eigenvalue weighted by Gasteiger charge is 2.35. The van der Waals surface area contributed by atoms with Gasteiger partial charge < -0.3 is 10.2 Å². The highest BCUT2D eigenvalue weighted by Crippen LogP contribution is 2.38. The van der Waals surface area contributed by atoms with E-state index in [1.165, 1.54) is 12.3 Å². The molecule has 2 heterocycles. The first kappa shape index (κ1) is 21.4. The number of fused-ring (bicyclic) bond motifs is 1. The summed E-state index contributed by atoms with van der Waals surface area (Å²) in [4.78, 5) is 18.5. The molecule has 4 nitrogen and oxygen atoms in total. The maximum Gasteiger partial charge on any atom is 0.418 e. The third-order valence-corrected chi connectivity index (χ3v) is 5.11. The first-order chi connectivity index (χ1) is 13.4. The molecule has 29 heavy (non-hydrogen) atoms. The van der Waals surface area contributed by atoms with Gasteiger partial charge in [0.05, 0.1) is 11.1 Å². The third-order valence-electron chi connectivity index (χ3n) is 5.11. The molecule has 2 atom stereocenters. The van der Waals surface area contributed by atoms with Gasteiger partial charge in [0.15, 0.2) is 0 Å². The first-order valence-corrected chi connectivity index (χ1v) is 9.93. The van der Waals surface area contributed by atoms with Crippen LogP contribution in [0.3, 0.4) is 0 Å². The van der Waals surface area contributed by atoms with Crippen LogP contribution in [0.25, 0.3) is 10.9 Å². The highest BCUT2D eigenvalue weighted by atomic mass is 19.4. The molecule has 1 N–H and O–H groups in total. The summed E-state index contributed by atoms with van der Waals surface area (Å²) in [7, 11) is 0. The van der Waals surface area contributed by atoms with Crippen LogP contribution in [0.1, 0.15) is 46.1 Å². The molecule has 1 aromatic carbocycles. The summed E-state index contributed by atoms with van der Waals surface area (Å²) >= 11 is 0. The van der Waals surface area contributed by atoms with Crippen LogP contribution in [0.5, 0.6) is 0 Å². The van der Waals surface area contributed by atoms with Crippen molar-refractivity contribution in [3.63, 3.8) is 0 Å². The van der Waals surface area contributed by atoms with E-state index in [0.29, 0.717) is 24.3 Å². The van der Waals surface area contributed by atoms with Crippen molar-refractivity contribution in [2.75, 3.05) is 18.0 Å². The molecule has 1 amide bonds. The molecule has 1 fully saturated rings. The van der Waals surface area contributed by atoms with Crippen LogP contribution in [-0.2, 0) is 11.0 Å². The van der Waals surface area contributed by atoms with Crippen LogP contribution in [0.15, 0.2) is 30.5 Å². The van der Waals surface area contributed by atoms with Crippen molar-refractivity contribution in [1.29, 1.82) is 0 Å². The number of pyridine rings is 1. The molecule has 2 aromatic rings. The zero-order valence-electron chi connectivity index (χ0n) is 17.3. The predicted molar refractivity (Wildman–Crippen MR) is 109 cm³/mol. The van der Waals surface area contributed by atoms with E-state index >= 15 is 0 Å². The predicted octanol–water partition coefficient (Wildman–Crippen LogP) is 5.02. The molecular formula is C22H28F3N3O. The van der Waals surface area contributed by atoms with Crippen molar-refractivity contribution in [1.82, 2.24) is 10.3 Å². The van der Waals surface area contributed by atoms with E-state index in [0.717, 1.165) is 24.7 Å². The second-order valence-corrected chi connectivity index (χ2v) is 9.28. The van der Waals surface area contributed by atoms with Crippen molar-refractivity contribution >= 4 is 22.5 Å². The van der Waals surface area contributed by atoms with Gasteiger partial charge in [-0.15, -0.1) is 0 Å². The molecule has 0 radical (unpaired) electrons. The average Bonchev–Trinajstić information content (AvgIpc) is 2.57. The number of hydrogen-bond donors (Lipinski definition) is 1. The number of nitrogens with zero attached hydrogens (tertiary/aromatic N) is 2. The SMILES string of the molecule is CC1CC(NC(=O)CC(C)(C)C)CN(c2ccc(C(F)(F)F)c3ncccc23)C1. The third kappa shape index (κ3) is 5.19. The number of carbonyl (C=O) groups excluding carboxylic acids is 1. The Morgan fingerprint density at radius 3 is 2.59 bits per heavy atom. The van der Waals surface area contributed by atoms with Crippen LogP contribution in [-0.4, -0.2) is 30.0 Å². The Morgan fingerprint density at radius 2 is 1.93 bits per heavy atom. The maximum absolute atomic E-state index is 13.4. The molecule has 7 heteroatoms. The van der Waals surface area contributed by atoms with Gasteiger partial charge in [0.2, 0.25) is 5.91 Å². The number of anilines is 1. The zero-order chi connectivity index (χ0) is 21.4. The monoisotopic (exact) mass is 407 g/mol. The number of nitrogens with one attached hydrogen (secondary N) is 1. The molecule has 1 aliphatic heterocycles. The van der Waals surface area contributed by atoms with Gasteiger partial charge in [-0.05, 0) is 42.0 Å². The fraction of sp³-hybridized carbons (Fsp3) is 0.545. The number of hydrogen-bond acceptors (Lipinski definition) is 3. The van der Waals surface area contributed by atoms with Gasteiger partial charge in [-0.3, -0.25) is 9.78 Å². The first-order valence-electron chi connectivity index (χ1n) is 9.93. The Labute approximate surface area is 169 Å². The molecule has 1 saturated heterocycles. The van der Waals surface area contributed by atoms with E-state index in [4.69, 9.17) is 0 Å². The van der Waals surface area contributed by atoms with Crippen molar-refractivity contribution in [3.8, 4) is 0 Å². The van der Waals surface area contributed by atoms with Crippen molar-refractivity contribution in [2.45, 2.75) is 52.8 Å². The topological polar surface area (TPSA) is 45.2 Å². The van der Waals surface area contributed by atoms with Crippen molar-refractivity contribution < 1.29 is 18.0 Å². The van der Waals surface area contributed by atoms with Gasteiger partial charge in [-0.2, -0.15) is 13.2 Å². The van der Waals surface area contributed by atoms with Gasteiger partial charge in [-0.1, -0.05) is 27.7 Å². The van der Waals surface area contributed by atoms with E-state index in [2.05, 4.69) is 22.1 Å². The largest absolute Gasteiger partial charge is 0.418 e. The van der Waals surface area contributed by atoms with E-state index in [1.807, 2.05) is 20.8 Å². The summed E-state index contributed by atoms with van der Waals surface area (Å²) in [6.07, 6.45) is -1.78. The zero-order valence-corrected chi connectivity index (χ0v) is 17.3. The van der Waals surface area contributed by atoms with Crippen LogP contribution in [0.2, 0.25) is 0 Å². The molecule has 1 aliphatic rings. The Balaban J connectivity index is 1.88. The molecule has 0 bridgehead atoms. The van der Waals surface area contributed by atoms with Crippen molar-refractivity contribution in [3.05, 3.63) is 36.0 Å². The number of carbonyl (C=O) groups is 1. The van der Waals surface area contributed by atoms with E-state index in [-0.39, 0.29) is 22.9 Å².